The van der Waals surface area contributed by atoms with Crippen molar-refractivity contribution in [2.24, 2.45) is 0 Å². The fraction of sp³-hybridized carbons (Fsp3) is 0.400. The molecule has 0 aromatic heterocycles. The smallest absolute Gasteiger partial charge is 0.200 e. The van der Waals surface area contributed by atoms with Crippen LogP contribution in [-0.2, 0) is 11.2 Å². The van der Waals surface area contributed by atoms with Crippen LogP contribution >= 0.6 is 0 Å². The molecule has 0 spiro atoms. The summed E-state index contributed by atoms with van der Waals surface area (Å²) in [7, 11) is 1.39. The number of hydrogen-bond acceptors (Lipinski definition) is 7. The van der Waals surface area contributed by atoms with Gasteiger partial charge >= 0.3 is 0 Å². The minimum atomic E-state index is -0.552. The van der Waals surface area contributed by atoms with E-state index in [9.17, 15) is 25.5 Å². The Morgan fingerprint density at radius 2 is 1.78 bits per heavy atom. The van der Waals surface area contributed by atoms with Crippen molar-refractivity contribution in [1.29, 1.82) is 0 Å². The highest BCUT2D eigenvalue weighted by molar-refractivity contribution is 5.52. The number of aryl methyl sites for hydroxylation is 1. The lowest BCUT2D eigenvalue weighted by molar-refractivity contribution is -0.0999. The van der Waals surface area contributed by atoms with E-state index in [1.807, 2.05) is 0 Å². The Kier molecular flexibility index (Phi) is 5.62. The summed E-state index contributed by atoms with van der Waals surface area (Å²) in [4.78, 5) is 0. The van der Waals surface area contributed by atoms with Crippen molar-refractivity contribution >= 4 is 0 Å². The summed E-state index contributed by atoms with van der Waals surface area (Å²) in [5.74, 6) is -0.818. The summed E-state index contributed by atoms with van der Waals surface area (Å²) >= 11 is 0. The molecule has 27 heavy (non-hydrogen) atoms. The number of phenolic OH excluding ortho intramolecular Hbond substituents is 4. The van der Waals surface area contributed by atoms with Gasteiger partial charge in [0, 0.05) is 6.42 Å². The van der Waals surface area contributed by atoms with Crippen LogP contribution in [0.1, 0.15) is 36.5 Å². The standard InChI is InChI=1S/C20H24O7/c1-26-19-8-12(7-17(24)20(19)25)18-10-13(21)9-14(27-18)4-2-11-3-5-15(22)16(23)6-11/h3,5-8,13-14,18,21-25H,2,4,9-10H2,1H3/t13-,14+,18+/m0/s1. The molecule has 1 aliphatic rings. The molecule has 3 atom stereocenters. The molecule has 0 bridgehead atoms. The average Bonchev–Trinajstić information content (AvgIpc) is 2.64. The Bertz CT molecular complexity index is 805. The van der Waals surface area contributed by atoms with Crippen LogP contribution in [-0.4, -0.2) is 44.9 Å². The Hall–Kier alpha value is -2.64. The zero-order chi connectivity index (χ0) is 19.6. The molecule has 0 unspecified atom stereocenters. The van der Waals surface area contributed by atoms with Crippen LogP contribution in [0.15, 0.2) is 30.3 Å². The number of phenols is 4. The van der Waals surface area contributed by atoms with E-state index in [4.69, 9.17) is 9.47 Å². The highest BCUT2D eigenvalue weighted by Gasteiger charge is 2.30. The summed E-state index contributed by atoms with van der Waals surface area (Å²) < 4.78 is 11.2. The summed E-state index contributed by atoms with van der Waals surface area (Å²) in [6, 6.07) is 7.68. The minimum absolute atomic E-state index is 0.143. The van der Waals surface area contributed by atoms with E-state index in [0.29, 0.717) is 31.2 Å². The predicted molar refractivity (Wildman–Crippen MR) is 97.3 cm³/mol. The fourth-order valence-electron chi connectivity index (χ4n) is 3.40. The van der Waals surface area contributed by atoms with Gasteiger partial charge in [0.25, 0.3) is 0 Å². The monoisotopic (exact) mass is 376 g/mol. The molecule has 0 saturated carbocycles. The van der Waals surface area contributed by atoms with Crippen molar-refractivity contribution in [3.8, 4) is 28.7 Å². The molecular weight excluding hydrogens is 352 g/mol. The van der Waals surface area contributed by atoms with Gasteiger partial charge in [0.2, 0.25) is 5.75 Å². The Morgan fingerprint density at radius 3 is 2.48 bits per heavy atom. The van der Waals surface area contributed by atoms with Crippen LogP contribution in [0, 0.1) is 0 Å². The fourth-order valence-corrected chi connectivity index (χ4v) is 3.40. The quantitative estimate of drug-likeness (QED) is 0.509. The second-order valence-corrected chi connectivity index (χ2v) is 6.82. The van der Waals surface area contributed by atoms with Crippen LogP contribution in [0.4, 0.5) is 0 Å². The predicted octanol–water partition coefficient (Wildman–Crippen LogP) is 2.73. The van der Waals surface area contributed by atoms with Gasteiger partial charge < -0.3 is 35.0 Å². The highest BCUT2D eigenvalue weighted by atomic mass is 16.5. The number of benzene rings is 2. The van der Waals surface area contributed by atoms with Gasteiger partial charge in [-0.05, 0) is 54.7 Å². The first-order chi connectivity index (χ1) is 12.9. The Labute approximate surface area is 157 Å². The molecule has 7 nitrogen and oxygen atoms in total. The number of aromatic hydroxyl groups is 4. The van der Waals surface area contributed by atoms with Crippen LogP contribution in [0.5, 0.6) is 28.7 Å². The van der Waals surface area contributed by atoms with Gasteiger partial charge in [0.15, 0.2) is 23.0 Å². The number of aliphatic hydroxyl groups excluding tert-OH is 1. The van der Waals surface area contributed by atoms with Gasteiger partial charge in [-0.3, -0.25) is 0 Å². The first-order valence-electron chi connectivity index (χ1n) is 8.81. The lowest BCUT2D eigenvalue weighted by Crippen LogP contribution is -2.31. The SMILES string of the molecule is COc1cc([C@H]2C[C@@H](O)C[C@@H](CCc3ccc(O)c(O)c3)O2)cc(O)c1O. The van der Waals surface area contributed by atoms with E-state index in [-0.39, 0.29) is 34.9 Å². The minimum Gasteiger partial charge on any atom is -0.504 e. The van der Waals surface area contributed by atoms with Crippen molar-refractivity contribution in [1.82, 2.24) is 0 Å². The van der Waals surface area contributed by atoms with Crippen molar-refractivity contribution in [2.75, 3.05) is 7.11 Å². The zero-order valence-electron chi connectivity index (χ0n) is 15.0. The van der Waals surface area contributed by atoms with Crippen LogP contribution in [0.3, 0.4) is 0 Å². The summed E-state index contributed by atoms with van der Waals surface area (Å²) in [5, 5.41) is 48.9. The maximum absolute atomic E-state index is 10.2. The van der Waals surface area contributed by atoms with E-state index in [2.05, 4.69) is 0 Å². The number of aliphatic hydroxyl groups is 1. The summed E-state index contributed by atoms with van der Waals surface area (Å²) in [5.41, 5.74) is 1.47. The third kappa shape index (κ3) is 4.37. The van der Waals surface area contributed by atoms with Gasteiger partial charge in [-0.1, -0.05) is 6.07 Å². The topological polar surface area (TPSA) is 120 Å². The largest absolute Gasteiger partial charge is 0.504 e. The molecular formula is C20H24O7. The molecule has 1 saturated heterocycles. The number of rotatable bonds is 5. The van der Waals surface area contributed by atoms with Crippen molar-refractivity contribution in [3.63, 3.8) is 0 Å². The van der Waals surface area contributed by atoms with Gasteiger partial charge in [0.1, 0.15) is 0 Å². The van der Waals surface area contributed by atoms with E-state index in [0.717, 1.165) is 5.56 Å². The van der Waals surface area contributed by atoms with Gasteiger partial charge in [-0.2, -0.15) is 0 Å². The van der Waals surface area contributed by atoms with E-state index in [1.165, 1.54) is 25.3 Å². The van der Waals surface area contributed by atoms with Gasteiger partial charge in [0.05, 0.1) is 25.4 Å². The second kappa shape index (κ2) is 7.94. The molecule has 5 N–H and O–H groups in total. The molecule has 0 amide bonds. The highest BCUT2D eigenvalue weighted by Crippen LogP contribution is 2.41. The Morgan fingerprint density at radius 1 is 1.00 bits per heavy atom. The first kappa shape index (κ1) is 19.1. The zero-order valence-corrected chi connectivity index (χ0v) is 15.0. The number of hydrogen-bond donors (Lipinski definition) is 5. The molecule has 2 aromatic rings. The summed E-state index contributed by atoms with van der Waals surface area (Å²) in [6.07, 6.45) is 0.903. The number of ether oxygens (including phenoxy) is 2. The number of methoxy groups -OCH3 is 1. The molecule has 0 aliphatic carbocycles. The van der Waals surface area contributed by atoms with Crippen LogP contribution < -0.4 is 4.74 Å². The van der Waals surface area contributed by atoms with Crippen molar-refractivity contribution < 1.29 is 35.0 Å². The van der Waals surface area contributed by atoms with E-state index < -0.39 is 12.2 Å². The normalized spacial score (nSPS) is 22.5. The molecule has 0 radical (unpaired) electrons. The van der Waals surface area contributed by atoms with Gasteiger partial charge in [-0.25, -0.2) is 0 Å². The lowest BCUT2D eigenvalue weighted by atomic mass is 9.93. The molecule has 2 aromatic carbocycles. The Balaban J connectivity index is 1.70. The molecule has 1 aliphatic heterocycles. The maximum atomic E-state index is 10.2. The van der Waals surface area contributed by atoms with Crippen LogP contribution in [0.25, 0.3) is 0 Å². The third-order valence-electron chi connectivity index (χ3n) is 4.84. The van der Waals surface area contributed by atoms with Crippen molar-refractivity contribution in [3.05, 3.63) is 41.5 Å². The molecule has 1 heterocycles. The summed E-state index contributed by atoms with van der Waals surface area (Å²) in [6.45, 7) is 0. The molecule has 3 rings (SSSR count). The molecule has 1 fully saturated rings. The molecule has 7 heteroatoms. The van der Waals surface area contributed by atoms with E-state index >= 15 is 0 Å². The average molecular weight is 376 g/mol. The van der Waals surface area contributed by atoms with E-state index in [1.54, 1.807) is 12.1 Å². The maximum Gasteiger partial charge on any atom is 0.200 e. The second-order valence-electron chi connectivity index (χ2n) is 6.82. The third-order valence-corrected chi connectivity index (χ3v) is 4.84. The lowest BCUT2D eigenvalue weighted by Gasteiger charge is -2.34. The first-order valence-corrected chi connectivity index (χ1v) is 8.81. The molecule has 146 valence electrons. The van der Waals surface area contributed by atoms with Gasteiger partial charge in [-0.15, -0.1) is 0 Å². The van der Waals surface area contributed by atoms with Crippen molar-refractivity contribution in [2.45, 2.75) is 44.0 Å². The van der Waals surface area contributed by atoms with Crippen LogP contribution in [0.2, 0.25) is 0 Å².